The number of hydrogen-bond donors (Lipinski definition) is 2. The molecule has 0 amide bonds. The highest BCUT2D eigenvalue weighted by Crippen LogP contribution is 2.36. The van der Waals surface area contributed by atoms with Crippen LogP contribution in [0.15, 0.2) is 47.4 Å². The number of hydrogen-bond acceptors (Lipinski definition) is 6. The third-order valence-corrected chi connectivity index (χ3v) is 7.96. The van der Waals surface area contributed by atoms with E-state index >= 15 is 0 Å². The van der Waals surface area contributed by atoms with E-state index in [0.717, 1.165) is 50.0 Å². The summed E-state index contributed by atoms with van der Waals surface area (Å²) < 4.78 is 34.3. The van der Waals surface area contributed by atoms with Crippen LogP contribution in [0.4, 0.5) is 5.69 Å². The van der Waals surface area contributed by atoms with Crippen LogP contribution in [-0.2, 0) is 31.4 Å². The van der Waals surface area contributed by atoms with Gasteiger partial charge in [0.1, 0.15) is 12.4 Å². The van der Waals surface area contributed by atoms with Gasteiger partial charge < -0.3 is 19.8 Å². The molecule has 0 saturated heterocycles. The average molecular weight is 549 g/mol. The highest BCUT2D eigenvalue weighted by Gasteiger charge is 2.30. The highest BCUT2D eigenvalue weighted by molar-refractivity contribution is 7.92. The van der Waals surface area contributed by atoms with Gasteiger partial charge >= 0.3 is 11.9 Å². The van der Waals surface area contributed by atoms with Crippen molar-refractivity contribution in [1.29, 1.82) is 0 Å². The molecule has 1 heterocycles. The van der Waals surface area contributed by atoms with Crippen molar-refractivity contribution in [2.24, 2.45) is 0 Å². The maximum absolute atomic E-state index is 13.5. The largest absolute Gasteiger partial charge is 0.489 e. The Morgan fingerprint density at radius 2 is 1.53 bits per heavy atom. The Morgan fingerprint density at radius 1 is 0.947 bits per heavy atom. The molecule has 0 fully saturated rings. The Kier molecular flexibility index (Phi) is 11.1. The molecule has 0 spiro atoms. The molecule has 2 aromatic carbocycles. The van der Waals surface area contributed by atoms with Gasteiger partial charge in [-0.05, 0) is 73.2 Å². The zero-order valence-corrected chi connectivity index (χ0v) is 23.8. The van der Waals surface area contributed by atoms with E-state index < -0.39 is 22.0 Å². The molecule has 9 nitrogen and oxygen atoms in total. The first-order chi connectivity index (χ1) is 17.8. The van der Waals surface area contributed by atoms with E-state index in [-0.39, 0.29) is 5.41 Å². The SMILES string of the molecule is CCCN(CCC)CCc1ccc2c(c1)N(S(=O)(=O)c1ccc(C(C)(C)C)cc1)CCO2.O=C(O)C(=O)O. The number of sulfonamides is 1. The Labute approximate surface area is 226 Å². The van der Waals surface area contributed by atoms with Gasteiger partial charge in [-0.1, -0.05) is 52.8 Å². The van der Waals surface area contributed by atoms with Crippen LogP contribution in [-0.4, -0.2) is 68.3 Å². The molecule has 1 aliphatic heterocycles. The van der Waals surface area contributed by atoms with Crippen LogP contribution in [0.3, 0.4) is 0 Å². The van der Waals surface area contributed by atoms with Crippen LogP contribution in [0.1, 0.15) is 58.6 Å². The third-order valence-electron chi connectivity index (χ3n) is 6.13. The van der Waals surface area contributed by atoms with E-state index in [4.69, 9.17) is 24.5 Å². The molecule has 0 atom stereocenters. The molecule has 38 heavy (non-hydrogen) atoms. The summed E-state index contributed by atoms with van der Waals surface area (Å²) in [6, 6.07) is 13.2. The van der Waals surface area contributed by atoms with Gasteiger partial charge in [0.05, 0.1) is 17.1 Å². The summed E-state index contributed by atoms with van der Waals surface area (Å²) in [6.07, 6.45) is 3.16. The van der Waals surface area contributed by atoms with E-state index in [2.05, 4.69) is 45.6 Å². The maximum atomic E-state index is 13.5. The molecule has 1 aliphatic rings. The van der Waals surface area contributed by atoms with Crippen molar-refractivity contribution in [1.82, 2.24) is 4.90 Å². The Hall–Kier alpha value is -3.11. The number of carbonyl (C=O) groups is 2. The van der Waals surface area contributed by atoms with Crippen LogP contribution in [0.2, 0.25) is 0 Å². The minimum Gasteiger partial charge on any atom is -0.489 e. The average Bonchev–Trinajstić information content (AvgIpc) is 2.87. The van der Waals surface area contributed by atoms with Crippen molar-refractivity contribution < 1.29 is 33.0 Å². The zero-order valence-electron chi connectivity index (χ0n) is 22.9. The van der Waals surface area contributed by atoms with Gasteiger partial charge in [0, 0.05) is 6.54 Å². The van der Waals surface area contributed by atoms with Crippen molar-refractivity contribution in [2.75, 3.05) is 37.1 Å². The standard InChI is InChI=1S/C26H38N2O3S.C2H2O4/c1-6-15-27(16-7-2)17-14-21-8-13-25-24(20-21)28(18-19-31-25)32(29,30)23-11-9-22(10-12-23)26(3,4)5;3-1(4)2(5)6/h8-13,20H,6-7,14-19H2,1-5H3;(H,3,4)(H,5,6). The normalized spacial score (nSPS) is 13.3. The predicted octanol–water partition coefficient (Wildman–Crippen LogP) is 4.39. The molecule has 210 valence electrons. The second kappa shape index (κ2) is 13.6. The summed E-state index contributed by atoms with van der Waals surface area (Å²) in [6.45, 7) is 14.6. The summed E-state index contributed by atoms with van der Waals surface area (Å²) in [4.78, 5) is 21.0. The van der Waals surface area contributed by atoms with Gasteiger partial charge in [0.25, 0.3) is 10.0 Å². The number of aliphatic carboxylic acids is 2. The Morgan fingerprint density at radius 3 is 2.03 bits per heavy atom. The third kappa shape index (κ3) is 8.46. The highest BCUT2D eigenvalue weighted by atomic mass is 32.2. The number of fused-ring (bicyclic) bond motifs is 1. The van der Waals surface area contributed by atoms with Crippen LogP contribution < -0.4 is 9.04 Å². The van der Waals surface area contributed by atoms with Crippen LogP contribution >= 0.6 is 0 Å². The van der Waals surface area contributed by atoms with Gasteiger partial charge in [-0.25, -0.2) is 18.0 Å². The molecule has 3 rings (SSSR count). The van der Waals surface area contributed by atoms with E-state index in [1.54, 1.807) is 12.1 Å². The fourth-order valence-electron chi connectivity index (χ4n) is 4.15. The van der Waals surface area contributed by atoms with Crippen LogP contribution in [0, 0.1) is 0 Å². The number of carboxylic acids is 2. The fraction of sp³-hybridized carbons (Fsp3) is 0.500. The fourth-order valence-corrected chi connectivity index (χ4v) is 5.60. The van der Waals surface area contributed by atoms with Gasteiger partial charge in [-0.3, -0.25) is 4.31 Å². The number of nitrogens with zero attached hydrogens (tertiary/aromatic N) is 2. The molecule has 0 bridgehead atoms. The van der Waals surface area contributed by atoms with Crippen LogP contribution in [0.5, 0.6) is 5.75 Å². The molecule has 0 unspecified atom stereocenters. The van der Waals surface area contributed by atoms with Gasteiger partial charge in [-0.15, -0.1) is 0 Å². The lowest BCUT2D eigenvalue weighted by Gasteiger charge is -2.31. The van der Waals surface area contributed by atoms with Gasteiger partial charge in [0.15, 0.2) is 0 Å². The summed E-state index contributed by atoms with van der Waals surface area (Å²) >= 11 is 0. The molecule has 0 saturated carbocycles. The molecular formula is C28H40N2O7S. The number of rotatable bonds is 9. The second-order valence-corrected chi connectivity index (χ2v) is 12.1. The number of ether oxygens (including phenoxy) is 1. The van der Waals surface area contributed by atoms with E-state index in [1.165, 1.54) is 4.31 Å². The molecule has 0 aromatic heterocycles. The lowest BCUT2D eigenvalue weighted by molar-refractivity contribution is -0.159. The monoisotopic (exact) mass is 548 g/mol. The lowest BCUT2D eigenvalue weighted by atomic mass is 9.87. The topological polar surface area (TPSA) is 124 Å². The van der Waals surface area contributed by atoms with E-state index in [1.807, 2.05) is 24.3 Å². The first-order valence-electron chi connectivity index (χ1n) is 12.9. The molecular weight excluding hydrogens is 508 g/mol. The maximum Gasteiger partial charge on any atom is 0.414 e. The minimum absolute atomic E-state index is 0.0216. The summed E-state index contributed by atoms with van der Waals surface area (Å²) in [5.74, 6) is -3.01. The van der Waals surface area contributed by atoms with Crippen molar-refractivity contribution in [3.63, 3.8) is 0 Å². The number of benzene rings is 2. The van der Waals surface area contributed by atoms with Crippen LogP contribution in [0.25, 0.3) is 0 Å². The number of carboxylic acid groups (broad SMARTS) is 2. The molecule has 10 heteroatoms. The quantitative estimate of drug-likeness (QED) is 0.442. The Balaban J connectivity index is 0.000000757. The lowest BCUT2D eigenvalue weighted by Crippen LogP contribution is -2.38. The minimum atomic E-state index is -3.66. The zero-order chi connectivity index (χ0) is 28.5. The first-order valence-corrected chi connectivity index (χ1v) is 14.3. The smallest absolute Gasteiger partial charge is 0.414 e. The molecule has 2 aromatic rings. The first kappa shape index (κ1) is 31.1. The van der Waals surface area contributed by atoms with Crippen molar-refractivity contribution in [3.05, 3.63) is 53.6 Å². The van der Waals surface area contributed by atoms with E-state index in [0.29, 0.717) is 29.5 Å². The van der Waals surface area contributed by atoms with Crippen molar-refractivity contribution in [3.8, 4) is 5.75 Å². The summed E-state index contributed by atoms with van der Waals surface area (Å²) in [5, 5.41) is 14.8. The molecule has 2 N–H and O–H groups in total. The summed E-state index contributed by atoms with van der Waals surface area (Å²) in [5.41, 5.74) is 2.87. The summed E-state index contributed by atoms with van der Waals surface area (Å²) in [7, 11) is -3.66. The predicted molar refractivity (Wildman–Crippen MR) is 148 cm³/mol. The van der Waals surface area contributed by atoms with E-state index in [9.17, 15) is 8.42 Å². The van der Waals surface area contributed by atoms with Gasteiger partial charge in [-0.2, -0.15) is 0 Å². The van der Waals surface area contributed by atoms with Crippen molar-refractivity contribution in [2.45, 2.75) is 64.2 Å². The Bertz CT molecular complexity index is 1170. The molecule has 0 aliphatic carbocycles. The second-order valence-electron chi connectivity index (χ2n) is 10.2. The van der Waals surface area contributed by atoms with Crippen molar-refractivity contribution >= 4 is 27.6 Å². The number of anilines is 1. The van der Waals surface area contributed by atoms with Gasteiger partial charge in [0.2, 0.25) is 0 Å². The molecule has 0 radical (unpaired) electrons.